The van der Waals surface area contributed by atoms with E-state index < -0.39 is 0 Å². The van der Waals surface area contributed by atoms with Gasteiger partial charge in [-0.1, -0.05) is 5.21 Å². The SMILES string of the molecule is O=C1CCCN1Cc1cn(C2CN(C(=O)CSc3ccc(F)cc3)C2)nn1. The van der Waals surface area contributed by atoms with Gasteiger partial charge in [-0.05, 0) is 30.7 Å². The molecule has 0 aliphatic carbocycles. The fraction of sp³-hybridized carbons (Fsp3) is 0.444. The van der Waals surface area contributed by atoms with Crippen molar-refractivity contribution in [2.24, 2.45) is 0 Å². The molecule has 0 saturated carbocycles. The fourth-order valence-corrected chi connectivity index (χ4v) is 4.03. The van der Waals surface area contributed by atoms with Gasteiger partial charge in [-0.25, -0.2) is 9.07 Å². The minimum absolute atomic E-state index is 0.0589. The van der Waals surface area contributed by atoms with Gasteiger partial charge >= 0.3 is 0 Å². The Morgan fingerprint density at radius 2 is 2.04 bits per heavy atom. The first kappa shape index (κ1) is 18.0. The summed E-state index contributed by atoms with van der Waals surface area (Å²) in [4.78, 5) is 28.4. The molecular weight excluding hydrogens is 369 g/mol. The highest BCUT2D eigenvalue weighted by atomic mass is 32.2. The number of likely N-dealkylation sites (tertiary alicyclic amines) is 2. The molecule has 0 radical (unpaired) electrons. The number of hydrogen-bond donors (Lipinski definition) is 0. The molecule has 2 aliphatic rings. The van der Waals surface area contributed by atoms with Crippen LogP contribution in [0.5, 0.6) is 0 Å². The van der Waals surface area contributed by atoms with Gasteiger partial charge in [0.15, 0.2) is 0 Å². The molecule has 0 bridgehead atoms. The van der Waals surface area contributed by atoms with Crippen LogP contribution < -0.4 is 0 Å². The van der Waals surface area contributed by atoms with Crippen molar-refractivity contribution in [1.29, 1.82) is 0 Å². The molecule has 1 aromatic carbocycles. The molecule has 0 unspecified atom stereocenters. The van der Waals surface area contributed by atoms with Crippen LogP contribution in [0.3, 0.4) is 0 Å². The van der Waals surface area contributed by atoms with E-state index in [1.807, 2.05) is 6.20 Å². The molecule has 7 nitrogen and oxygen atoms in total. The molecule has 0 spiro atoms. The van der Waals surface area contributed by atoms with E-state index in [4.69, 9.17) is 0 Å². The number of nitrogens with zero attached hydrogens (tertiary/aromatic N) is 5. The van der Waals surface area contributed by atoms with Crippen LogP contribution in [0.1, 0.15) is 24.6 Å². The van der Waals surface area contributed by atoms with E-state index in [1.165, 1.54) is 23.9 Å². The van der Waals surface area contributed by atoms with Crippen LogP contribution in [0.25, 0.3) is 0 Å². The number of halogens is 1. The van der Waals surface area contributed by atoms with Crippen LogP contribution in [0.15, 0.2) is 35.4 Å². The molecule has 2 amide bonds. The van der Waals surface area contributed by atoms with Crippen molar-refractivity contribution in [3.05, 3.63) is 42.0 Å². The minimum Gasteiger partial charge on any atom is -0.338 e. The van der Waals surface area contributed by atoms with Crippen molar-refractivity contribution < 1.29 is 14.0 Å². The molecule has 2 saturated heterocycles. The van der Waals surface area contributed by atoms with Crippen molar-refractivity contribution in [3.8, 4) is 0 Å². The first-order valence-electron chi connectivity index (χ1n) is 8.93. The Morgan fingerprint density at radius 1 is 1.26 bits per heavy atom. The quantitative estimate of drug-likeness (QED) is 0.704. The van der Waals surface area contributed by atoms with E-state index in [2.05, 4.69) is 10.3 Å². The maximum atomic E-state index is 12.9. The highest BCUT2D eigenvalue weighted by molar-refractivity contribution is 8.00. The summed E-state index contributed by atoms with van der Waals surface area (Å²) in [5.74, 6) is 0.280. The van der Waals surface area contributed by atoms with Gasteiger partial charge in [0.2, 0.25) is 11.8 Å². The van der Waals surface area contributed by atoms with Crippen LogP contribution in [0, 0.1) is 5.82 Å². The largest absolute Gasteiger partial charge is 0.338 e. The van der Waals surface area contributed by atoms with E-state index in [0.29, 0.717) is 31.8 Å². The van der Waals surface area contributed by atoms with Crippen LogP contribution >= 0.6 is 11.8 Å². The second-order valence-corrected chi connectivity index (χ2v) is 7.85. The summed E-state index contributed by atoms with van der Waals surface area (Å²) in [6, 6.07) is 6.26. The van der Waals surface area contributed by atoms with Crippen molar-refractivity contribution in [1.82, 2.24) is 24.8 Å². The molecule has 3 heterocycles. The molecule has 2 aliphatic heterocycles. The predicted molar refractivity (Wildman–Crippen MR) is 97.4 cm³/mol. The zero-order chi connectivity index (χ0) is 18.8. The topological polar surface area (TPSA) is 71.3 Å². The Morgan fingerprint density at radius 3 is 2.74 bits per heavy atom. The fourth-order valence-electron chi connectivity index (χ4n) is 3.22. The molecule has 0 N–H and O–H groups in total. The zero-order valence-corrected chi connectivity index (χ0v) is 15.6. The molecule has 2 fully saturated rings. The van der Waals surface area contributed by atoms with Gasteiger partial charge in [-0.2, -0.15) is 0 Å². The van der Waals surface area contributed by atoms with Crippen LogP contribution in [-0.4, -0.2) is 62.0 Å². The number of carbonyl (C=O) groups excluding carboxylic acids is 2. The van der Waals surface area contributed by atoms with Gasteiger partial charge in [0, 0.05) is 31.0 Å². The lowest BCUT2D eigenvalue weighted by Crippen LogP contribution is -2.51. The van der Waals surface area contributed by atoms with Gasteiger partial charge in [0.25, 0.3) is 0 Å². The number of carbonyl (C=O) groups is 2. The van der Waals surface area contributed by atoms with E-state index >= 15 is 0 Å². The first-order valence-corrected chi connectivity index (χ1v) is 9.91. The maximum absolute atomic E-state index is 12.9. The second-order valence-electron chi connectivity index (χ2n) is 6.80. The van der Waals surface area contributed by atoms with Crippen LogP contribution in [-0.2, 0) is 16.1 Å². The summed E-state index contributed by atoms with van der Waals surface area (Å²) in [7, 11) is 0. The summed E-state index contributed by atoms with van der Waals surface area (Å²) in [5, 5.41) is 8.30. The Bertz CT molecular complexity index is 835. The molecule has 9 heteroatoms. The molecular formula is C18H20FN5O2S. The van der Waals surface area contributed by atoms with Gasteiger partial charge in [0.05, 0.1) is 24.5 Å². The van der Waals surface area contributed by atoms with Crippen LogP contribution in [0.2, 0.25) is 0 Å². The average molecular weight is 389 g/mol. The summed E-state index contributed by atoms with van der Waals surface area (Å²) in [6.07, 6.45) is 3.39. The minimum atomic E-state index is -0.280. The van der Waals surface area contributed by atoms with Crippen molar-refractivity contribution >= 4 is 23.6 Å². The smallest absolute Gasteiger partial charge is 0.233 e. The lowest BCUT2D eigenvalue weighted by atomic mass is 10.1. The molecule has 142 valence electrons. The Labute approximate surface area is 160 Å². The summed E-state index contributed by atoms with van der Waals surface area (Å²) in [6.45, 7) is 2.49. The summed E-state index contributed by atoms with van der Waals surface area (Å²) in [5.41, 5.74) is 0.780. The summed E-state index contributed by atoms with van der Waals surface area (Å²) >= 11 is 1.40. The zero-order valence-electron chi connectivity index (χ0n) is 14.8. The lowest BCUT2D eigenvalue weighted by Gasteiger charge is -2.38. The van der Waals surface area contributed by atoms with E-state index in [9.17, 15) is 14.0 Å². The predicted octanol–water partition coefficient (Wildman–Crippen LogP) is 1.72. The highest BCUT2D eigenvalue weighted by Gasteiger charge is 2.32. The van der Waals surface area contributed by atoms with E-state index in [-0.39, 0.29) is 23.7 Å². The number of benzene rings is 1. The van der Waals surface area contributed by atoms with Crippen LogP contribution in [0.4, 0.5) is 4.39 Å². The molecule has 1 aromatic heterocycles. The Kier molecular flexibility index (Phi) is 5.11. The first-order chi connectivity index (χ1) is 13.1. The number of hydrogen-bond acceptors (Lipinski definition) is 5. The van der Waals surface area contributed by atoms with E-state index in [0.717, 1.165) is 23.6 Å². The van der Waals surface area contributed by atoms with Crippen molar-refractivity contribution in [3.63, 3.8) is 0 Å². The normalized spacial score (nSPS) is 17.4. The maximum Gasteiger partial charge on any atom is 0.233 e. The second kappa shape index (κ2) is 7.67. The average Bonchev–Trinajstić information content (AvgIpc) is 3.23. The third-order valence-electron chi connectivity index (χ3n) is 4.85. The lowest BCUT2D eigenvalue weighted by molar-refractivity contribution is -0.134. The molecule has 4 rings (SSSR count). The van der Waals surface area contributed by atoms with Crippen molar-refractivity contribution in [2.45, 2.75) is 30.3 Å². The Balaban J connectivity index is 1.23. The Hall–Kier alpha value is -2.42. The molecule has 27 heavy (non-hydrogen) atoms. The molecule has 0 atom stereocenters. The highest BCUT2D eigenvalue weighted by Crippen LogP contribution is 2.24. The van der Waals surface area contributed by atoms with Gasteiger partial charge in [-0.15, -0.1) is 16.9 Å². The monoisotopic (exact) mass is 389 g/mol. The number of rotatable bonds is 6. The summed E-state index contributed by atoms with van der Waals surface area (Å²) < 4.78 is 14.7. The van der Waals surface area contributed by atoms with Gasteiger partial charge in [-0.3, -0.25) is 9.59 Å². The standard InChI is InChI=1S/C18H20FN5O2S/c19-13-3-5-16(6-4-13)27-12-18(26)23-10-15(11-23)24-9-14(20-21-24)8-22-7-1-2-17(22)25/h3-6,9,15H,1-2,7-8,10-12H2. The molecule has 2 aromatic rings. The number of amides is 2. The van der Waals surface area contributed by atoms with Gasteiger partial charge in [0.1, 0.15) is 11.5 Å². The van der Waals surface area contributed by atoms with E-state index in [1.54, 1.807) is 26.6 Å². The third-order valence-corrected chi connectivity index (χ3v) is 5.84. The third kappa shape index (κ3) is 4.13. The van der Waals surface area contributed by atoms with Crippen molar-refractivity contribution in [2.75, 3.05) is 25.4 Å². The number of aromatic nitrogens is 3. The van der Waals surface area contributed by atoms with Gasteiger partial charge < -0.3 is 9.80 Å². The number of thioether (sulfide) groups is 1.